The SMILES string of the molecule is CC(CNCc1cn[nH]c1-c1ccc(F)cc1)Cn1ccnc1. The molecule has 0 spiro atoms. The lowest BCUT2D eigenvalue weighted by molar-refractivity contribution is 0.445. The van der Waals surface area contributed by atoms with Crippen LogP contribution in [0.1, 0.15) is 12.5 Å². The molecule has 0 bridgehead atoms. The van der Waals surface area contributed by atoms with Gasteiger partial charge in [-0.15, -0.1) is 0 Å². The van der Waals surface area contributed by atoms with Crippen LogP contribution in [0.5, 0.6) is 0 Å². The van der Waals surface area contributed by atoms with E-state index in [1.807, 2.05) is 18.7 Å². The summed E-state index contributed by atoms with van der Waals surface area (Å²) in [7, 11) is 0. The first-order valence-corrected chi connectivity index (χ1v) is 7.67. The van der Waals surface area contributed by atoms with Crippen molar-refractivity contribution >= 4 is 0 Å². The summed E-state index contributed by atoms with van der Waals surface area (Å²) in [6.45, 7) is 4.75. The van der Waals surface area contributed by atoms with Crippen LogP contribution in [0.2, 0.25) is 0 Å². The van der Waals surface area contributed by atoms with E-state index < -0.39 is 0 Å². The van der Waals surface area contributed by atoms with E-state index in [4.69, 9.17) is 0 Å². The summed E-state index contributed by atoms with van der Waals surface area (Å²) in [4.78, 5) is 4.05. The molecule has 2 N–H and O–H groups in total. The van der Waals surface area contributed by atoms with Gasteiger partial charge in [0.2, 0.25) is 0 Å². The minimum Gasteiger partial charge on any atom is -0.337 e. The third-order valence-electron chi connectivity index (χ3n) is 3.74. The molecule has 120 valence electrons. The van der Waals surface area contributed by atoms with Crippen LogP contribution in [-0.4, -0.2) is 26.3 Å². The van der Waals surface area contributed by atoms with Crippen molar-refractivity contribution in [3.63, 3.8) is 0 Å². The molecule has 0 aliphatic rings. The smallest absolute Gasteiger partial charge is 0.123 e. The number of hydrogen-bond acceptors (Lipinski definition) is 3. The van der Waals surface area contributed by atoms with Gasteiger partial charge in [-0.25, -0.2) is 9.37 Å². The molecule has 0 radical (unpaired) electrons. The summed E-state index contributed by atoms with van der Waals surface area (Å²) >= 11 is 0. The van der Waals surface area contributed by atoms with Crippen LogP contribution in [0.4, 0.5) is 4.39 Å². The maximum absolute atomic E-state index is 13.0. The van der Waals surface area contributed by atoms with Crippen LogP contribution in [-0.2, 0) is 13.1 Å². The van der Waals surface area contributed by atoms with Gasteiger partial charge in [0.15, 0.2) is 0 Å². The first-order chi connectivity index (χ1) is 11.2. The van der Waals surface area contributed by atoms with Crippen molar-refractivity contribution in [2.24, 2.45) is 5.92 Å². The lowest BCUT2D eigenvalue weighted by atomic mass is 10.1. The number of H-pyrrole nitrogens is 1. The van der Waals surface area contributed by atoms with Crippen LogP contribution in [0.15, 0.2) is 49.2 Å². The summed E-state index contributed by atoms with van der Waals surface area (Å²) in [5.74, 6) is 0.256. The van der Waals surface area contributed by atoms with E-state index in [9.17, 15) is 4.39 Å². The Hall–Kier alpha value is -2.47. The molecule has 1 aromatic carbocycles. The lowest BCUT2D eigenvalue weighted by Crippen LogP contribution is -2.23. The molecule has 0 fully saturated rings. The quantitative estimate of drug-likeness (QED) is 0.705. The number of nitrogens with one attached hydrogen (secondary N) is 2. The van der Waals surface area contributed by atoms with Crippen molar-refractivity contribution in [2.75, 3.05) is 6.54 Å². The Morgan fingerprint density at radius 1 is 1.30 bits per heavy atom. The number of rotatable bonds is 7. The van der Waals surface area contributed by atoms with Gasteiger partial charge in [0.05, 0.1) is 18.2 Å². The molecule has 0 aliphatic heterocycles. The molecule has 1 unspecified atom stereocenters. The standard InChI is InChI=1S/C17H20FN5/c1-13(11-23-7-6-19-12-23)8-20-9-15-10-21-22-17(15)14-2-4-16(18)5-3-14/h2-7,10,12-13,20H,8-9,11H2,1H3,(H,21,22). The molecule has 3 aromatic rings. The van der Waals surface area contributed by atoms with Crippen molar-refractivity contribution < 1.29 is 4.39 Å². The maximum Gasteiger partial charge on any atom is 0.123 e. The fourth-order valence-electron chi connectivity index (χ4n) is 2.58. The van der Waals surface area contributed by atoms with Crippen LogP contribution >= 0.6 is 0 Å². The molecule has 1 atom stereocenters. The van der Waals surface area contributed by atoms with Crippen molar-refractivity contribution in [3.05, 3.63) is 60.6 Å². The molecule has 5 nitrogen and oxygen atoms in total. The minimum absolute atomic E-state index is 0.235. The van der Waals surface area contributed by atoms with E-state index >= 15 is 0 Å². The van der Waals surface area contributed by atoms with E-state index in [0.29, 0.717) is 5.92 Å². The van der Waals surface area contributed by atoms with Gasteiger partial charge < -0.3 is 9.88 Å². The average molecular weight is 313 g/mol. The Kier molecular flexibility index (Phi) is 4.83. The number of imidazole rings is 1. The molecular weight excluding hydrogens is 293 g/mol. The predicted octanol–water partition coefficient (Wildman–Crippen LogP) is 2.84. The van der Waals surface area contributed by atoms with Crippen molar-refractivity contribution in [1.82, 2.24) is 25.1 Å². The van der Waals surface area contributed by atoms with E-state index in [1.54, 1.807) is 18.3 Å². The van der Waals surface area contributed by atoms with Gasteiger partial charge in [-0.05, 0) is 36.7 Å². The third kappa shape index (κ3) is 4.04. The average Bonchev–Trinajstić information content (AvgIpc) is 3.20. The topological polar surface area (TPSA) is 58.5 Å². The second-order valence-corrected chi connectivity index (χ2v) is 5.77. The summed E-state index contributed by atoms with van der Waals surface area (Å²) in [6.07, 6.45) is 7.41. The van der Waals surface area contributed by atoms with E-state index in [-0.39, 0.29) is 5.82 Å². The normalized spacial score (nSPS) is 12.4. The van der Waals surface area contributed by atoms with E-state index in [1.165, 1.54) is 12.1 Å². The highest BCUT2D eigenvalue weighted by atomic mass is 19.1. The highest BCUT2D eigenvalue weighted by molar-refractivity contribution is 5.62. The molecule has 0 aliphatic carbocycles. The Morgan fingerprint density at radius 2 is 2.13 bits per heavy atom. The van der Waals surface area contributed by atoms with Gasteiger partial charge in [-0.1, -0.05) is 6.92 Å². The predicted molar refractivity (Wildman–Crippen MR) is 87.1 cm³/mol. The Morgan fingerprint density at radius 3 is 2.87 bits per heavy atom. The number of aromatic nitrogens is 4. The van der Waals surface area contributed by atoms with Gasteiger partial charge in [-0.3, -0.25) is 5.10 Å². The molecule has 2 aromatic heterocycles. The van der Waals surface area contributed by atoms with Gasteiger partial charge in [0, 0.05) is 36.6 Å². The number of halogens is 1. The Balaban J connectivity index is 1.55. The molecule has 0 saturated carbocycles. The molecule has 6 heteroatoms. The number of nitrogens with zero attached hydrogens (tertiary/aromatic N) is 3. The fraction of sp³-hybridized carbons (Fsp3) is 0.294. The fourth-order valence-corrected chi connectivity index (χ4v) is 2.58. The van der Waals surface area contributed by atoms with Crippen molar-refractivity contribution in [2.45, 2.75) is 20.0 Å². The first kappa shape index (κ1) is 15.4. The number of aromatic amines is 1. The largest absolute Gasteiger partial charge is 0.337 e. The van der Waals surface area contributed by atoms with Crippen LogP contribution < -0.4 is 5.32 Å². The molecule has 0 amide bonds. The minimum atomic E-state index is -0.235. The van der Waals surface area contributed by atoms with Crippen LogP contribution in [0.25, 0.3) is 11.3 Å². The lowest BCUT2D eigenvalue weighted by Gasteiger charge is -2.13. The summed E-state index contributed by atoms with van der Waals surface area (Å²) in [5.41, 5.74) is 2.94. The number of hydrogen-bond donors (Lipinski definition) is 2. The van der Waals surface area contributed by atoms with Crippen molar-refractivity contribution in [1.29, 1.82) is 0 Å². The summed E-state index contributed by atoms with van der Waals surface area (Å²) < 4.78 is 15.1. The molecule has 23 heavy (non-hydrogen) atoms. The van der Waals surface area contributed by atoms with Crippen LogP contribution in [0.3, 0.4) is 0 Å². The van der Waals surface area contributed by atoms with Gasteiger partial charge in [0.1, 0.15) is 5.82 Å². The highest BCUT2D eigenvalue weighted by Crippen LogP contribution is 2.21. The molecule has 0 saturated heterocycles. The highest BCUT2D eigenvalue weighted by Gasteiger charge is 2.09. The Bertz CT molecular complexity index is 718. The zero-order valence-corrected chi connectivity index (χ0v) is 13.0. The summed E-state index contributed by atoms with van der Waals surface area (Å²) in [6, 6.07) is 6.43. The number of benzene rings is 1. The maximum atomic E-state index is 13.0. The zero-order chi connectivity index (χ0) is 16.1. The van der Waals surface area contributed by atoms with Crippen LogP contribution in [0, 0.1) is 11.7 Å². The monoisotopic (exact) mass is 313 g/mol. The first-order valence-electron chi connectivity index (χ1n) is 7.67. The van der Waals surface area contributed by atoms with Gasteiger partial charge in [-0.2, -0.15) is 5.10 Å². The van der Waals surface area contributed by atoms with Gasteiger partial charge in [0.25, 0.3) is 0 Å². The van der Waals surface area contributed by atoms with E-state index in [2.05, 4.69) is 32.0 Å². The third-order valence-corrected chi connectivity index (χ3v) is 3.74. The second kappa shape index (κ2) is 7.19. The summed E-state index contributed by atoms with van der Waals surface area (Å²) in [5, 5.41) is 10.6. The molecule has 2 heterocycles. The second-order valence-electron chi connectivity index (χ2n) is 5.77. The Labute approximate surface area is 134 Å². The van der Waals surface area contributed by atoms with Crippen molar-refractivity contribution in [3.8, 4) is 11.3 Å². The van der Waals surface area contributed by atoms with E-state index in [0.717, 1.165) is 36.5 Å². The molecular formula is C17H20FN5. The molecule has 3 rings (SSSR count). The zero-order valence-electron chi connectivity index (χ0n) is 13.0. The van der Waals surface area contributed by atoms with Gasteiger partial charge >= 0.3 is 0 Å².